The van der Waals surface area contributed by atoms with Gasteiger partial charge < -0.3 is 5.32 Å². The monoisotopic (exact) mass is 265 g/mol. The van der Waals surface area contributed by atoms with Crippen molar-refractivity contribution in [2.45, 2.75) is 96.4 Å². The first-order valence-corrected chi connectivity index (χ1v) is 9.15. The summed E-state index contributed by atoms with van der Waals surface area (Å²) in [6, 6.07) is 0.860. The standard InChI is InChI=1S/C18H35N/c1-2-3-4-10-15-19-18-14-9-8-13-17(18)16-11-6-5-7-12-16/h16-19H,2-15H2,1H3. The highest BCUT2D eigenvalue weighted by Gasteiger charge is 2.31. The smallest absolute Gasteiger partial charge is 0.00979 e. The Labute approximate surface area is 120 Å². The van der Waals surface area contributed by atoms with Crippen LogP contribution in [0.3, 0.4) is 0 Å². The fourth-order valence-corrected chi connectivity index (χ4v) is 4.38. The summed E-state index contributed by atoms with van der Waals surface area (Å²) < 4.78 is 0. The lowest BCUT2D eigenvalue weighted by Crippen LogP contribution is -2.42. The molecule has 0 bridgehead atoms. The molecule has 1 nitrogen and oxygen atoms in total. The second-order valence-electron chi connectivity index (χ2n) is 6.97. The third-order valence-corrected chi connectivity index (χ3v) is 5.51. The van der Waals surface area contributed by atoms with Gasteiger partial charge in [-0.3, -0.25) is 0 Å². The van der Waals surface area contributed by atoms with E-state index < -0.39 is 0 Å². The van der Waals surface area contributed by atoms with Crippen molar-refractivity contribution in [3.63, 3.8) is 0 Å². The molecule has 112 valence electrons. The number of rotatable bonds is 7. The minimum absolute atomic E-state index is 0.860. The van der Waals surface area contributed by atoms with Gasteiger partial charge in [-0.05, 0) is 37.6 Å². The molecule has 2 aliphatic carbocycles. The van der Waals surface area contributed by atoms with Gasteiger partial charge >= 0.3 is 0 Å². The highest BCUT2D eigenvalue weighted by molar-refractivity contribution is 4.86. The van der Waals surface area contributed by atoms with E-state index in [0.29, 0.717) is 0 Å². The summed E-state index contributed by atoms with van der Waals surface area (Å²) in [7, 11) is 0. The fourth-order valence-electron chi connectivity index (χ4n) is 4.38. The Kier molecular flexibility index (Phi) is 7.27. The van der Waals surface area contributed by atoms with E-state index in [4.69, 9.17) is 0 Å². The van der Waals surface area contributed by atoms with E-state index in [0.717, 1.165) is 17.9 Å². The van der Waals surface area contributed by atoms with Gasteiger partial charge in [0.1, 0.15) is 0 Å². The quantitative estimate of drug-likeness (QED) is 0.616. The first-order chi connectivity index (χ1) is 9.42. The van der Waals surface area contributed by atoms with Crippen molar-refractivity contribution in [3.8, 4) is 0 Å². The Hall–Kier alpha value is -0.0400. The van der Waals surface area contributed by atoms with Gasteiger partial charge in [-0.25, -0.2) is 0 Å². The zero-order valence-corrected chi connectivity index (χ0v) is 13.1. The molecular formula is C18H35N. The molecular weight excluding hydrogens is 230 g/mol. The lowest BCUT2D eigenvalue weighted by atomic mass is 9.71. The predicted molar refractivity (Wildman–Crippen MR) is 84.5 cm³/mol. The first kappa shape index (κ1) is 15.4. The molecule has 0 amide bonds. The zero-order chi connectivity index (χ0) is 13.3. The van der Waals surface area contributed by atoms with Gasteiger partial charge in [-0.2, -0.15) is 0 Å². The second kappa shape index (κ2) is 9.00. The highest BCUT2D eigenvalue weighted by atomic mass is 14.9. The van der Waals surface area contributed by atoms with E-state index in [1.807, 2.05) is 0 Å². The molecule has 0 heterocycles. The third-order valence-electron chi connectivity index (χ3n) is 5.51. The SMILES string of the molecule is CCCCCCNC1CCCCC1C1CCCCC1. The predicted octanol–water partition coefficient (Wildman–Crippen LogP) is 5.30. The van der Waals surface area contributed by atoms with Crippen LogP contribution in [0.2, 0.25) is 0 Å². The summed E-state index contributed by atoms with van der Waals surface area (Å²) in [5.74, 6) is 2.07. The van der Waals surface area contributed by atoms with E-state index >= 15 is 0 Å². The van der Waals surface area contributed by atoms with Crippen LogP contribution in [0.5, 0.6) is 0 Å². The third kappa shape index (κ3) is 5.10. The molecule has 0 aromatic carbocycles. The van der Waals surface area contributed by atoms with Crippen LogP contribution in [0.25, 0.3) is 0 Å². The molecule has 0 aromatic heterocycles. The Morgan fingerprint density at radius 3 is 2.32 bits per heavy atom. The van der Waals surface area contributed by atoms with Crippen LogP contribution in [-0.2, 0) is 0 Å². The Morgan fingerprint density at radius 1 is 0.789 bits per heavy atom. The maximum Gasteiger partial charge on any atom is 0.00979 e. The van der Waals surface area contributed by atoms with Crippen molar-refractivity contribution in [2.24, 2.45) is 11.8 Å². The lowest BCUT2D eigenvalue weighted by molar-refractivity contribution is 0.150. The van der Waals surface area contributed by atoms with Crippen LogP contribution in [0.1, 0.15) is 90.4 Å². The molecule has 1 N–H and O–H groups in total. The van der Waals surface area contributed by atoms with Gasteiger partial charge in [-0.1, -0.05) is 71.1 Å². The number of hydrogen-bond donors (Lipinski definition) is 1. The average molecular weight is 265 g/mol. The molecule has 0 saturated heterocycles. The van der Waals surface area contributed by atoms with E-state index in [1.165, 1.54) is 90.0 Å². The van der Waals surface area contributed by atoms with Crippen LogP contribution in [0.15, 0.2) is 0 Å². The van der Waals surface area contributed by atoms with Crippen molar-refractivity contribution < 1.29 is 0 Å². The molecule has 2 aliphatic rings. The van der Waals surface area contributed by atoms with Crippen LogP contribution >= 0.6 is 0 Å². The molecule has 1 heteroatoms. The molecule has 2 fully saturated rings. The van der Waals surface area contributed by atoms with Gasteiger partial charge in [0.2, 0.25) is 0 Å². The molecule has 2 unspecified atom stereocenters. The van der Waals surface area contributed by atoms with Crippen LogP contribution in [-0.4, -0.2) is 12.6 Å². The normalized spacial score (nSPS) is 29.5. The van der Waals surface area contributed by atoms with Crippen molar-refractivity contribution >= 4 is 0 Å². The van der Waals surface area contributed by atoms with Gasteiger partial charge in [-0.15, -0.1) is 0 Å². The summed E-state index contributed by atoms with van der Waals surface area (Å²) in [4.78, 5) is 0. The molecule has 0 aromatic rings. The molecule has 2 atom stereocenters. The van der Waals surface area contributed by atoms with E-state index in [9.17, 15) is 0 Å². The van der Waals surface area contributed by atoms with Gasteiger partial charge in [0.25, 0.3) is 0 Å². The van der Waals surface area contributed by atoms with Crippen LogP contribution < -0.4 is 5.32 Å². The molecule has 0 spiro atoms. The van der Waals surface area contributed by atoms with Gasteiger partial charge in [0.05, 0.1) is 0 Å². The molecule has 0 radical (unpaired) electrons. The number of hydrogen-bond acceptors (Lipinski definition) is 1. The summed E-state index contributed by atoms with van der Waals surface area (Å²) >= 11 is 0. The van der Waals surface area contributed by atoms with Crippen LogP contribution in [0.4, 0.5) is 0 Å². The van der Waals surface area contributed by atoms with E-state index in [-0.39, 0.29) is 0 Å². The number of unbranched alkanes of at least 4 members (excludes halogenated alkanes) is 3. The molecule has 2 saturated carbocycles. The minimum Gasteiger partial charge on any atom is -0.314 e. The maximum atomic E-state index is 3.93. The molecule has 0 aliphatic heterocycles. The van der Waals surface area contributed by atoms with Crippen LogP contribution in [0, 0.1) is 11.8 Å². The topological polar surface area (TPSA) is 12.0 Å². The Morgan fingerprint density at radius 2 is 1.53 bits per heavy atom. The maximum absolute atomic E-state index is 3.93. The fraction of sp³-hybridized carbons (Fsp3) is 1.00. The average Bonchev–Trinajstić information content (AvgIpc) is 2.48. The van der Waals surface area contributed by atoms with E-state index in [2.05, 4.69) is 12.2 Å². The lowest BCUT2D eigenvalue weighted by Gasteiger charge is -2.39. The zero-order valence-electron chi connectivity index (χ0n) is 13.1. The van der Waals surface area contributed by atoms with Crippen molar-refractivity contribution in [1.29, 1.82) is 0 Å². The van der Waals surface area contributed by atoms with Crippen molar-refractivity contribution in [3.05, 3.63) is 0 Å². The Bertz CT molecular complexity index is 220. The van der Waals surface area contributed by atoms with Crippen molar-refractivity contribution in [1.82, 2.24) is 5.32 Å². The summed E-state index contributed by atoms with van der Waals surface area (Å²) in [6.07, 6.45) is 19.1. The van der Waals surface area contributed by atoms with E-state index in [1.54, 1.807) is 0 Å². The second-order valence-corrected chi connectivity index (χ2v) is 6.97. The van der Waals surface area contributed by atoms with Gasteiger partial charge in [0, 0.05) is 6.04 Å². The Balaban J connectivity index is 1.72. The highest BCUT2D eigenvalue weighted by Crippen LogP contribution is 2.38. The summed E-state index contributed by atoms with van der Waals surface area (Å²) in [5, 5.41) is 3.93. The molecule has 19 heavy (non-hydrogen) atoms. The summed E-state index contributed by atoms with van der Waals surface area (Å²) in [5.41, 5.74) is 0. The van der Waals surface area contributed by atoms with Gasteiger partial charge in [0.15, 0.2) is 0 Å². The number of nitrogens with one attached hydrogen (secondary N) is 1. The molecule has 2 rings (SSSR count). The first-order valence-electron chi connectivity index (χ1n) is 9.15. The minimum atomic E-state index is 0.860. The largest absolute Gasteiger partial charge is 0.314 e. The summed E-state index contributed by atoms with van der Waals surface area (Å²) in [6.45, 7) is 3.57. The van der Waals surface area contributed by atoms with Crippen molar-refractivity contribution in [2.75, 3.05) is 6.54 Å².